The average Bonchev–Trinajstić information content (AvgIpc) is 3.11. The van der Waals surface area contributed by atoms with Crippen molar-refractivity contribution in [3.05, 3.63) is 64.9 Å². The van der Waals surface area contributed by atoms with Gasteiger partial charge in [0, 0.05) is 18.8 Å². The summed E-state index contributed by atoms with van der Waals surface area (Å²) in [5, 5.41) is 0. The third kappa shape index (κ3) is 2.88. The summed E-state index contributed by atoms with van der Waals surface area (Å²) < 4.78 is 27.9. The van der Waals surface area contributed by atoms with Gasteiger partial charge in [-0.3, -0.25) is 9.20 Å². The van der Waals surface area contributed by atoms with E-state index < -0.39 is 11.5 Å². The van der Waals surface area contributed by atoms with Gasteiger partial charge in [-0.25, -0.2) is 4.98 Å². The highest BCUT2D eigenvalue weighted by atomic mass is 19.1. The zero-order chi connectivity index (χ0) is 20.9. The van der Waals surface area contributed by atoms with E-state index in [1.165, 1.54) is 15.5 Å². The monoisotopic (exact) mass is 409 g/mol. The van der Waals surface area contributed by atoms with Crippen molar-refractivity contribution in [1.82, 2.24) is 14.3 Å². The predicted molar refractivity (Wildman–Crippen MR) is 109 cm³/mol. The normalized spacial score (nSPS) is 17.9. The standard InChI is InChI=1S/C23H24FN3O3/c1-15-4-3-5-19-25-20(21(24)27(15)19)22(28)26-11-9-23(10-12-26)18-7-6-17(29-2)14-16(18)8-13-30-23/h3-7,14H,8-13H2,1-2H3. The second-order valence-electron chi connectivity index (χ2n) is 8.02. The molecule has 6 nitrogen and oxygen atoms in total. The number of carbonyl (C=O) groups is 1. The van der Waals surface area contributed by atoms with Crippen LogP contribution in [0.3, 0.4) is 0 Å². The number of hydrogen-bond donors (Lipinski definition) is 0. The molecule has 2 aromatic heterocycles. The SMILES string of the molecule is COc1ccc2c(c1)CCOC21CCN(C(=O)c2nc3cccc(C)n3c2F)CC1. The molecule has 156 valence electrons. The molecule has 5 rings (SSSR count). The lowest BCUT2D eigenvalue weighted by molar-refractivity contribution is -0.0936. The summed E-state index contributed by atoms with van der Waals surface area (Å²) in [6, 6.07) is 11.4. The van der Waals surface area contributed by atoms with Gasteiger partial charge in [-0.05, 0) is 61.6 Å². The summed E-state index contributed by atoms with van der Waals surface area (Å²) in [5.41, 5.74) is 3.05. The number of ether oxygens (including phenoxy) is 2. The molecule has 0 unspecified atom stereocenters. The maximum Gasteiger partial charge on any atom is 0.277 e. The van der Waals surface area contributed by atoms with E-state index in [-0.39, 0.29) is 11.6 Å². The van der Waals surface area contributed by atoms with Crippen LogP contribution in [-0.4, -0.2) is 47.0 Å². The first-order valence-electron chi connectivity index (χ1n) is 10.3. The van der Waals surface area contributed by atoms with Crippen LogP contribution in [0.4, 0.5) is 4.39 Å². The van der Waals surface area contributed by atoms with Gasteiger partial charge < -0.3 is 14.4 Å². The molecule has 1 amide bonds. The fourth-order valence-electron chi connectivity index (χ4n) is 4.77. The lowest BCUT2D eigenvalue weighted by Gasteiger charge is -2.45. The van der Waals surface area contributed by atoms with Crippen LogP contribution < -0.4 is 4.74 Å². The van der Waals surface area contributed by atoms with Crippen molar-refractivity contribution in [1.29, 1.82) is 0 Å². The third-order valence-electron chi connectivity index (χ3n) is 6.40. The Morgan fingerprint density at radius 3 is 2.77 bits per heavy atom. The van der Waals surface area contributed by atoms with E-state index >= 15 is 0 Å². The number of rotatable bonds is 2. The third-order valence-corrected chi connectivity index (χ3v) is 6.40. The summed E-state index contributed by atoms with van der Waals surface area (Å²) in [5.74, 6) is -0.119. The molecular weight excluding hydrogens is 385 g/mol. The molecule has 1 spiro atoms. The molecule has 2 aliphatic heterocycles. The van der Waals surface area contributed by atoms with Crippen LogP contribution in [0.2, 0.25) is 0 Å². The van der Waals surface area contributed by atoms with Crippen molar-refractivity contribution < 1.29 is 18.7 Å². The van der Waals surface area contributed by atoms with Crippen molar-refractivity contribution in [3.63, 3.8) is 0 Å². The first-order valence-corrected chi connectivity index (χ1v) is 10.3. The highest BCUT2D eigenvalue weighted by Crippen LogP contribution is 2.42. The number of piperidine rings is 1. The highest BCUT2D eigenvalue weighted by molar-refractivity contribution is 5.93. The number of hydrogen-bond acceptors (Lipinski definition) is 4. The maximum atomic E-state index is 14.9. The number of imidazole rings is 1. The van der Waals surface area contributed by atoms with E-state index in [1.807, 2.05) is 12.1 Å². The maximum absolute atomic E-state index is 14.9. The van der Waals surface area contributed by atoms with Crippen LogP contribution in [-0.2, 0) is 16.8 Å². The zero-order valence-electron chi connectivity index (χ0n) is 17.2. The van der Waals surface area contributed by atoms with Crippen LogP contribution in [0, 0.1) is 12.9 Å². The van der Waals surface area contributed by atoms with Crippen LogP contribution in [0.5, 0.6) is 5.75 Å². The molecule has 0 atom stereocenters. The molecular formula is C23H24FN3O3. The van der Waals surface area contributed by atoms with Crippen molar-refractivity contribution in [2.24, 2.45) is 0 Å². The summed E-state index contributed by atoms with van der Waals surface area (Å²) >= 11 is 0. The van der Waals surface area contributed by atoms with Gasteiger partial charge in [0.15, 0.2) is 5.69 Å². The number of likely N-dealkylation sites (tertiary alicyclic amines) is 1. The van der Waals surface area contributed by atoms with Gasteiger partial charge in [0.25, 0.3) is 5.91 Å². The Morgan fingerprint density at radius 1 is 1.23 bits per heavy atom. The number of halogens is 1. The number of nitrogens with zero attached hydrogens (tertiary/aromatic N) is 3. The minimum Gasteiger partial charge on any atom is -0.497 e. The van der Waals surface area contributed by atoms with E-state index in [1.54, 1.807) is 31.1 Å². The van der Waals surface area contributed by atoms with Crippen molar-refractivity contribution >= 4 is 11.6 Å². The molecule has 1 fully saturated rings. The molecule has 4 heterocycles. The first-order chi connectivity index (χ1) is 14.5. The Hall–Kier alpha value is -2.93. The van der Waals surface area contributed by atoms with Crippen molar-refractivity contribution in [2.75, 3.05) is 26.8 Å². The fraction of sp³-hybridized carbons (Fsp3) is 0.391. The molecule has 1 aromatic carbocycles. The molecule has 0 N–H and O–H groups in total. The molecule has 2 aliphatic rings. The lowest BCUT2D eigenvalue weighted by atomic mass is 9.79. The predicted octanol–water partition coefficient (Wildman–Crippen LogP) is 3.49. The van der Waals surface area contributed by atoms with Gasteiger partial charge >= 0.3 is 0 Å². The van der Waals surface area contributed by atoms with E-state index in [0.717, 1.165) is 12.2 Å². The number of fused-ring (bicyclic) bond motifs is 3. The lowest BCUT2D eigenvalue weighted by Crippen LogP contribution is -2.48. The number of methoxy groups -OCH3 is 1. The fourth-order valence-corrected chi connectivity index (χ4v) is 4.77. The minimum atomic E-state index is -0.597. The molecule has 30 heavy (non-hydrogen) atoms. The van der Waals surface area contributed by atoms with Crippen LogP contribution in [0.15, 0.2) is 36.4 Å². The van der Waals surface area contributed by atoms with Crippen molar-refractivity contribution in [3.8, 4) is 5.75 Å². The summed E-state index contributed by atoms with van der Waals surface area (Å²) in [4.78, 5) is 19.0. The van der Waals surface area contributed by atoms with Crippen LogP contribution >= 0.6 is 0 Å². The van der Waals surface area contributed by atoms with E-state index in [0.29, 0.717) is 43.9 Å². The summed E-state index contributed by atoms with van der Waals surface area (Å²) in [6.07, 6.45) is 2.20. The quantitative estimate of drug-likeness (QED) is 0.650. The summed E-state index contributed by atoms with van der Waals surface area (Å²) in [7, 11) is 1.67. The van der Waals surface area contributed by atoms with Crippen molar-refractivity contribution in [2.45, 2.75) is 31.8 Å². The van der Waals surface area contributed by atoms with Gasteiger partial charge in [-0.1, -0.05) is 12.1 Å². The topological polar surface area (TPSA) is 56.1 Å². The van der Waals surface area contributed by atoms with E-state index in [2.05, 4.69) is 17.1 Å². The highest BCUT2D eigenvalue weighted by Gasteiger charge is 2.42. The van der Waals surface area contributed by atoms with Gasteiger partial charge in [0.1, 0.15) is 11.4 Å². The Morgan fingerprint density at radius 2 is 2.03 bits per heavy atom. The Kier molecular flexibility index (Phi) is 4.50. The molecule has 0 bridgehead atoms. The molecule has 3 aromatic rings. The zero-order valence-corrected chi connectivity index (χ0v) is 17.2. The number of carbonyl (C=O) groups excluding carboxylic acids is 1. The number of benzene rings is 1. The number of aryl methyl sites for hydroxylation is 1. The van der Waals surface area contributed by atoms with Gasteiger partial charge in [-0.2, -0.15) is 4.39 Å². The van der Waals surface area contributed by atoms with Crippen LogP contribution in [0.25, 0.3) is 5.65 Å². The molecule has 0 aliphatic carbocycles. The Bertz CT molecular complexity index is 1130. The molecule has 7 heteroatoms. The smallest absolute Gasteiger partial charge is 0.277 e. The Balaban J connectivity index is 1.39. The second-order valence-corrected chi connectivity index (χ2v) is 8.02. The van der Waals surface area contributed by atoms with Gasteiger partial charge in [0.05, 0.1) is 19.3 Å². The number of amides is 1. The summed E-state index contributed by atoms with van der Waals surface area (Å²) in [6.45, 7) is 3.44. The van der Waals surface area contributed by atoms with E-state index in [9.17, 15) is 9.18 Å². The number of pyridine rings is 1. The minimum absolute atomic E-state index is 0.116. The van der Waals surface area contributed by atoms with E-state index in [4.69, 9.17) is 9.47 Å². The second kappa shape index (κ2) is 7.09. The molecule has 0 radical (unpaired) electrons. The largest absolute Gasteiger partial charge is 0.497 e. The number of aromatic nitrogens is 2. The first kappa shape index (κ1) is 19.1. The van der Waals surface area contributed by atoms with Crippen LogP contribution in [0.1, 0.15) is 40.2 Å². The average molecular weight is 409 g/mol. The molecule has 1 saturated heterocycles. The Labute approximate surface area is 174 Å². The molecule has 0 saturated carbocycles. The van der Waals surface area contributed by atoms with Gasteiger partial charge in [0.2, 0.25) is 5.95 Å². The van der Waals surface area contributed by atoms with Gasteiger partial charge in [-0.15, -0.1) is 0 Å².